The fourth-order valence-corrected chi connectivity index (χ4v) is 5.85. The Morgan fingerprint density at radius 1 is 1.21 bits per heavy atom. The van der Waals surface area contributed by atoms with Crippen LogP contribution in [0.4, 0.5) is 10.8 Å². The first-order chi connectivity index (χ1) is 14.1. The standard InChI is InChI=1S/C21H17N3O3S2/c1-27-14-8-6-13(7-9-14)15-12-28-20(22-15)23-19(26)21-11-10-18(25)24(21)16-4-2-3-5-17(16)29-21/h2-9,12H,10-11H2,1H3,(H,22,23,26)/t21-/m0/s1. The molecule has 1 fully saturated rings. The number of carbonyl (C=O) groups excluding carboxylic acids is 2. The Hall–Kier alpha value is -2.84. The molecule has 2 aliphatic heterocycles. The third-order valence-corrected chi connectivity index (χ3v) is 7.37. The van der Waals surface area contributed by atoms with Crippen molar-refractivity contribution < 1.29 is 14.3 Å². The Balaban J connectivity index is 1.39. The molecule has 2 amide bonds. The first-order valence-corrected chi connectivity index (χ1v) is 10.8. The summed E-state index contributed by atoms with van der Waals surface area (Å²) in [5.41, 5.74) is 2.54. The molecule has 6 nitrogen and oxygen atoms in total. The molecule has 0 spiro atoms. The molecule has 0 bridgehead atoms. The van der Waals surface area contributed by atoms with E-state index in [1.807, 2.05) is 53.9 Å². The molecular weight excluding hydrogens is 406 g/mol. The highest BCUT2D eigenvalue weighted by Crippen LogP contribution is 2.56. The summed E-state index contributed by atoms with van der Waals surface area (Å²) in [6.07, 6.45) is 0.845. The minimum Gasteiger partial charge on any atom is -0.497 e. The van der Waals surface area contributed by atoms with Crippen molar-refractivity contribution in [2.45, 2.75) is 22.6 Å². The molecule has 8 heteroatoms. The summed E-state index contributed by atoms with van der Waals surface area (Å²) < 4.78 is 5.19. The van der Waals surface area contributed by atoms with Crippen LogP contribution in [0.1, 0.15) is 12.8 Å². The van der Waals surface area contributed by atoms with Gasteiger partial charge in [0.2, 0.25) is 5.91 Å². The molecule has 2 aromatic carbocycles. The van der Waals surface area contributed by atoms with Crippen molar-refractivity contribution in [3.05, 3.63) is 53.9 Å². The second-order valence-electron chi connectivity index (χ2n) is 6.80. The van der Waals surface area contributed by atoms with Crippen LogP contribution in [0.2, 0.25) is 0 Å². The second kappa shape index (κ2) is 6.89. The van der Waals surface area contributed by atoms with Crippen LogP contribution in [-0.4, -0.2) is 28.8 Å². The van der Waals surface area contributed by atoms with Crippen LogP contribution >= 0.6 is 23.1 Å². The third kappa shape index (κ3) is 2.90. The minimum atomic E-state index is -0.938. The molecule has 0 unspecified atom stereocenters. The molecule has 0 aliphatic carbocycles. The Morgan fingerprint density at radius 2 is 2.00 bits per heavy atom. The van der Waals surface area contributed by atoms with Gasteiger partial charge in [-0.25, -0.2) is 4.98 Å². The summed E-state index contributed by atoms with van der Waals surface area (Å²) in [5.74, 6) is 0.552. The molecule has 1 N–H and O–H groups in total. The van der Waals surface area contributed by atoms with Crippen LogP contribution in [0.15, 0.2) is 58.8 Å². The molecule has 0 radical (unpaired) electrons. The maximum atomic E-state index is 13.3. The van der Waals surface area contributed by atoms with Gasteiger partial charge in [-0.05, 0) is 42.8 Å². The largest absolute Gasteiger partial charge is 0.497 e. The number of rotatable bonds is 4. The van der Waals surface area contributed by atoms with Gasteiger partial charge >= 0.3 is 0 Å². The lowest BCUT2D eigenvalue weighted by molar-refractivity contribution is -0.121. The first-order valence-electron chi connectivity index (χ1n) is 9.13. The van der Waals surface area contributed by atoms with Crippen LogP contribution in [0, 0.1) is 0 Å². The number of carbonyl (C=O) groups is 2. The Kier molecular flexibility index (Phi) is 4.33. The molecule has 29 heavy (non-hydrogen) atoms. The highest BCUT2D eigenvalue weighted by Gasteiger charge is 2.57. The van der Waals surface area contributed by atoms with Gasteiger partial charge in [0, 0.05) is 22.3 Å². The zero-order valence-corrected chi connectivity index (χ0v) is 17.2. The normalized spacial score (nSPS) is 19.8. The van der Waals surface area contributed by atoms with E-state index in [2.05, 4.69) is 10.3 Å². The summed E-state index contributed by atoms with van der Waals surface area (Å²) in [5, 5.41) is 5.37. The fraction of sp³-hybridized carbons (Fsp3) is 0.190. The van der Waals surface area contributed by atoms with Crippen LogP contribution in [0.5, 0.6) is 5.75 Å². The lowest BCUT2D eigenvalue weighted by Gasteiger charge is -2.29. The average molecular weight is 424 g/mol. The average Bonchev–Trinajstić information content (AvgIpc) is 3.43. The van der Waals surface area contributed by atoms with E-state index in [9.17, 15) is 9.59 Å². The number of hydrogen-bond donors (Lipinski definition) is 1. The van der Waals surface area contributed by atoms with Crippen molar-refractivity contribution in [2.75, 3.05) is 17.3 Å². The Morgan fingerprint density at radius 3 is 2.79 bits per heavy atom. The van der Waals surface area contributed by atoms with E-state index in [1.54, 1.807) is 12.0 Å². The van der Waals surface area contributed by atoms with Gasteiger partial charge in [-0.1, -0.05) is 23.9 Å². The van der Waals surface area contributed by atoms with Crippen LogP contribution in [0.25, 0.3) is 11.3 Å². The van der Waals surface area contributed by atoms with Crippen LogP contribution < -0.4 is 15.0 Å². The summed E-state index contributed by atoms with van der Waals surface area (Å²) in [4.78, 5) is 32.0. The first kappa shape index (κ1) is 18.2. The highest BCUT2D eigenvalue weighted by atomic mass is 32.2. The van der Waals surface area contributed by atoms with Gasteiger partial charge in [-0.15, -0.1) is 11.3 Å². The highest BCUT2D eigenvalue weighted by molar-refractivity contribution is 8.02. The molecule has 2 aliphatic rings. The molecule has 0 saturated carbocycles. The van der Waals surface area contributed by atoms with Crippen LogP contribution in [-0.2, 0) is 9.59 Å². The monoisotopic (exact) mass is 423 g/mol. The number of nitrogens with zero attached hydrogens (tertiary/aromatic N) is 2. The van der Waals surface area contributed by atoms with E-state index in [0.717, 1.165) is 27.6 Å². The van der Waals surface area contributed by atoms with Crippen molar-refractivity contribution in [1.29, 1.82) is 0 Å². The number of nitrogens with one attached hydrogen (secondary N) is 1. The van der Waals surface area contributed by atoms with Gasteiger partial charge in [-0.2, -0.15) is 0 Å². The molecule has 1 atom stereocenters. The zero-order valence-electron chi connectivity index (χ0n) is 15.5. The van der Waals surface area contributed by atoms with E-state index in [4.69, 9.17) is 4.74 Å². The summed E-state index contributed by atoms with van der Waals surface area (Å²) in [7, 11) is 1.63. The van der Waals surface area contributed by atoms with E-state index in [1.165, 1.54) is 23.1 Å². The van der Waals surface area contributed by atoms with Gasteiger partial charge in [0.05, 0.1) is 18.5 Å². The van der Waals surface area contributed by atoms with Gasteiger partial charge in [0.25, 0.3) is 5.91 Å². The maximum Gasteiger partial charge on any atom is 0.263 e. The SMILES string of the molecule is COc1ccc(-c2csc(NC(=O)[C@@]34CCC(=O)N3c3ccccc3S4)n2)cc1. The minimum absolute atomic E-state index is 0.0179. The van der Waals surface area contributed by atoms with Gasteiger partial charge < -0.3 is 4.74 Å². The third-order valence-electron chi connectivity index (χ3n) is 5.14. The van der Waals surface area contributed by atoms with Gasteiger partial charge in [0.15, 0.2) is 10.0 Å². The van der Waals surface area contributed by atoms with Crippen molar-refractivity contribution in [1.82, 2.24) is 4.98 Å². The van der Waals surface area contributed by atoms with Crippen molar-refractivity contribution >= 4 is 45.7 Å². The second-order valence-corrected chi connectivity index (χ2v) is 8.98. The number of para-hydroxylation sites is 1. The predicted molar refractivity (Wildman–Crippen MR) is 114 cm³/mol. The lowest BCUT2D eigenvalue weighted by Crippen LogP contribution is -2.49. The number of fused-ring (bicyclic) bond motifs is 3. The number of thioether (sulfide) groups is 1. The molecule has 3 aromatic rings. The molecule has 3 heterocycles. The summed E-state index contributed by atoms with van der Waals surface area (Å²) in [6.45, 7) is 0. The summed E-state index contributed by atoms with van der Waals surface area (Å²) >= 11 is 2.82. The number of aromatic nitrogens is 1. The topological polar surface area (TPSA) is 71.5 Å². The van der Waals surface area contributed by atoms with E-state index >= 15 is 0 Å². The molecule has 146 valence electrons. The van der Waals surface area contributed by atoms with E-state index in [-0.39, 0.29) is 11.8 Å². The zero-order chi connectivity index (χ0) is 20.0. The smallest absolute Gasteiger partial charge is 0.263 e. The molecule has 1 saturated heterocycles. The Bertz CT molecular complexity index is 1110. The van der Waals surface area contributed by atoms with E-state index in [0.29, 0.717) is 18.0 Å². The Labute approximate surface area is 175 Å². The quantitative estimate of drug-likeness (QED) is 0.674. The summed E-state index contributed by atoms with van der Waals surface area (Å²) in [6, 6.07) is 15.3. The number of ether oxygens (including phenoxy) is 1. The maximum absolute atomic E-state index is 13.3. The fourth-order valence-electron chi connectivity index (χ4n) is 3.72. The van der Waals surface area contributed by atoms with Crippen molar-refractivity contribution in [3.63, 3.8) is 0 Å². The number of hydrogen-bond acceptors (Lipinski definition) is 6. The van der Waals surface area contributed by atoms with Crippen molar-refractivity contribution in [3.8, 4) is 17.0 Å². The lowest BCUT2D eigenvalue weighted by atomic mass is 10.2. The predicted octanol–water partition coefficient (Wildman–Crippen LogP) is 4.39. The van der Waals surface area contributed by atoms with Crippen LogP contribution in [0.3, 0.4) is 0 Å². The van der Waals surface area contributed by atoms with Gasteiger partial charge in [0.1, 0.15) is 5.75 Å². The van der Waals surface area contributed by atoms with E-state index < -0.39 is 4.87 Å². The van der Waals surface area contributed by atoms with Gasteiger partial charge in [-0.3, -0.25) is 19.8 Å². The number of anilines is 2. The number of thiazole rings is 1. The van der Waals surface area contributed by atoms with Crippen molar-refractivity contribution in [2.24, 2.45) is 0 Å². The number of benzene rings is 2. The number of amides is 2. The molecule has 1 aromatic heterocycles. The number of methoxy groups -OCH3 is 1. The molecule has 5 rings (SSSR count). The molecular formula is C21H17N3O3S2.